The zero-order valence-electron chi connectivity index (χ0n) is 8.48. The molecule has 0 unspecified atom stereocenters. The molecule has 0 aliphatic carbocycles. The van der Waals surface area contributed by atoms with Gasteiger partial charge in [0.2, 0.25) is 0 Å². The van der Waals surface area contributed by atoms with E-state index in [0.29, 0.717) is 0 Å². The minimum atomic E-state index is -0.859. The Labute approximate surface area is 72.7 Å². The summed E-state index contributed by atoms with van der Waals surface area (Å²) >= 11 is 0. The molecule has 66 valence electrons. The van der Waals surface area contributed by atoms with Crippen molar-refractivity contribution in [1.82, 2.24) is 0 Å². The van der Waals surface area contributed by atoms with Crippen LogP contribution in [0.15, 0.2) is 12.7 Å². The molecule has 0 aliphatic rings. The van der Waals surface area contributed by atoms with Crippen LogP contribution in [0.5, 0.6) is 0 Å². The molecule has 0 heterocycles. The van der Waals surface area contributed by atoms with Crippen LogP contribution in [0.4, 0.5) is 0 Å². The average molecular weight is 170 g/mol. The fraction of sp³-hybridized carbons (Fsp3) is 0.800. The van der Waals surface area contributed by atoms with Crippen molar-refractivity contribution < 1.29 is 0 Å². The van der Waals surface area contributed by atoms with Gasteiger partial charge in [0, 0.05) is 8.07 Å². The quantitative estimate of drug-likeness (QED) is 0.433. The Hall–Kier alpha value is -0.0431. The third-order valence-electron chi connectivity index (χ3n) is 1.99. The van der Waals surface area contributed by atoms with Crippen molar-refractivity contribution in [2.75, 3.05) is 0 Å². The van der Waals surface area contributed by atoms with Crippen molar-refractivity contribution in [3.8, 4) is 0 Å². The lowest BCUT2D eigenvalue weighted by Gasteiger charge is -2.23. The van der Waals surface area contributed by atoms with E-state index in [9.17, 15) is 0 Å². The lowest BCUT2D eigenvalue weighted by atomic mass is 10.3. The highest BCUT2D eigenvalue weighted by atomic mass is 28.3. The largest absolute Gasteiger partial charge is 0.103 e. The summed E-state index contributed by atoms with van der Waals surface area (Å²) in [4.78, 5) is 0. The molecule has 0 nitrogen and oxygen atoms in total. The third-order valence-corrected chi connectivity index (χ3v) is 5.55. The minimum absolute atomic E-state index is 0.859. The summed E-state index contributed by atoms with van der Waals surface area (Å²) in [6.07, 6.45) is 3.26. The normalized spacial score (nSPS) is 12.1. The van der Waals surface area contributed by atoms with Gasteiger partial charge in [-0.3, -0.25) is 0 Å². The Balaban J connectivity index is 3.69. The molecular weight excluding hydrogens is 148 g/mol. The summed E-state index contributed by atoms with van der Waals surface area (Å²) in [5.74, 6) is 0.876. The van der Waals surface area contributed by atoms with Gasteiger partial charge in [-0.1, -0.05) is 45.1 Å². The molecule has 11 heavy (non-hydrogen) atoms. The van der Waals surface area contributed by atoms with E-state index < -0.39 is 8.07 Å². The Bertz CT molecular complexity index is 114. The highest BCUT2D eigenvalue weighted by molar-refractivity contribution is 6.77. The highest BCUT2D eigenvalue weighted by Crippen LogP contribution is 2.22. The van der Waals surface area contributed by atoms with Crippen molar-refractivity contribution >= 4 is 8.07 Å². The molecule has 0 saturated carbocycles. The SMILES string of the molecule is C=CCC[Si](C)(C)CC(C)C. The first kappa shape index (κ1) is 11.0. The summed E-state index contributed by atoms with van der Waals surface area (Å²) < 4.78 is 0. The Morgan fingerprint density at radius 2 is 1.91 bits per heavy atom. The molecule has 0 saturated heterocycles. The summed E-state index contributed by atoms with van der Waals surface area (Å²) in [6.45, 7) is 13.4. The van der Waals surface area contributed by atoms with Gasteiger partial charge in [0.1, 0.15) is 0 Å². The van der Waals surface area contributed by atoms with E-state index in [4.69, 9.17) is 0 Å². The molecular formula is C10H22Si. The van der Waals surface area contributed by atoms with Crippen LogP contribution in [0.25, 0.3) is 0 Å². The highest BCUT2D eigenvalue weighted by Gasteiger charge is 2.20. The second kappa shape index (κ2) is 4.76. The van der Waals surface area contributed by atoms with Crippen LogP contribution < -0.4 is 0 Å². The lowest BCUT2D eigenvalue weighted by molar-refractivity contribution is 0.716. The van der Waals surface area contributed by atoms with Crippen LogP contribution in [-0.2, 0) is 0 Å². The number of hydrogen-bond acceptors (Lipinski definition) is 0. The molecule has 0 aromatic carbocycles. The van der Waals surface area contributed by atoms with Crippen LogP contribution >= 0.6 is 0 Å². The minimum Gasteiger partial charge on any atom is -0.103 e. The topological polar surface area (TPSA) is 0 Å². The Morgan fingerprint density at radius 3 is 2.27 bits per heavy atom. The van der Waals surface area contributed by atoms with Crippen LogP contribution in [0.3, 0.4) is 0 Å². The molecule has 1 heteroatoms. The summed E-state index contributed by atoms with van der Waals surface area (Å²) in [5.41, 5.74) is 0. The monoisotopic (exact) mass is 170 g/mol. The van der Waals surface area contributed by atoms with Crippen LogP contribution in [-0.4, -0.2) is 8.07 Å². The number of rotatable bonds is 5. The maximum absolute atomic E-state index is 3.77. The van der Waals surface area contributed by atoms with E-state index in [2.05, 4.69) is 39.6 Å². The molecule has 0 amide bonds. The van der Waals surface area contributed by atoms with E-state index >= 15 is 0 Å². The van der Waals surface area contributed by atoms with Crippen LogP contribution in [0.1, 0.15) is 20.3 Å². The molecule has 0 radical (unpaired) electrons. The van der Waals surface area contributed by atoms with E-state index in [1.807, 2.05) is 0 Å². The second-order valence-corrected chi connectivity index (χ2v) is 9.83. The van der Waals surface area contributed by atoms with E-state index in [1.54, 1.807) is 0 Å². The predicted molar refractivity (Wildman–Crippen MR) is 56.7 cm³/mol. The fourth-order valence-electron chi connectivity index (χ4n) is 1.70. The van der Waals surface area contributed by atoms with Gasteiger partial charge in [0.25, 0.3) is 0 Å². The predicted octanol–water partition coefficient (Wildman–Crippen LogP) is 3.93. The zero-order valence-corrected chi connectivity index (χ0v) is 9.48. The van der Waals surface area contributed by atoms with Crippen molar-refractivity contribution in [1.29, 1.82) is 0 Å². The average Bonchev–Trinajstić information content (AvgIpc) is 1.81. The molecule has 0 aliphatic heterocycles. The van der Waals surface area contributed by atoms with Gasteiger partial charge in [-0.15, -0.1) is 6.58 Å². The summed E-state index contributed by atoms with van der Waals surface area (Å²) in [6, 6.07) is 2.87. The van der Waals surface area contributed by atoms with E-state index in [1.165, 1.54) is 18.5 Å². The molecule has 0 atom stereocenters. The standard InChI is InChI=1S/C10H22Si/c1-6-7-8-11(4,5)9-10(2)3/h6,10H,1,7-9H2,2-5H3. The van der Waals surface area contributed by atoms with Gasteiger partial charge in [-0.2, -0.15) is 0 Å². The van der Waals surface area contributed by atoms with E-state index in [0.717, 1.165) is 5.92 Å². The van der Waals surface area contributed by atoms with Gasteiger partial charge < -0.3 is 0 Å². The van der Waals surface area contributed by atoms with Crippen molar-refractivity contribution in [3.63, 3.8) is 0 Å². The Morgan fingerprint density at radius 1 is 1.36 bits per heavy atom. The maximum Gasteiger partial charge on any atom is 0.0479 e. The van der Waals surface area contributed by atoms with Gasteiger partial charge in [-0.25, -0.2) is 0 Å². The molecule has 0 rings (SSSR count). The lowest BCUT2D eigenvalue weighted by Crippen LogP contribution is -2.26. The van der Waals surface area contributed by atoms with Gasteiger partial charge in [0.15, 0.2) is 0 Å². The summed E-state index contributed by atoms with van der Waals surface area (Å²) in [5, 5.41) is 0. The zero-order chi connectivity index (χ0) is 8.91. The molecule has 0 aromatic rings. The first-order valence-electron chi connectivity index (χ1n) is 4.59. The first-order valence-corrected chi connectivity index (χ1v) is 8.00. The number of hydrogen-bond donors (Lipinski definition) is 0. The second-order valence-electron chi connectivity index (χ2n) is 4.59. The van der Waals surface area contributed by atoms with Crippen molar-refractivity contribution in [3.05, 3.63) is 12.7 Å². The van der Waals surface area contributed by atoms with Gasteiger partial charge in [0.05, 0.1) is 0 Å². The van der Waals surface area contributed by atoms with Crippen LogP contribution in [0.2, 0.25) is 25.2 Å². The molecule has 0 N–H and O–H groups in total. The third kappa shape index (κ3) is 6.36. The summed E-state index contributed by atoms with van der Waals surface area (Å²) in [7, 11) is -0.859. The van der Waals surface area contributed by atoms with Crippen molar-refractivity contribution in [2.24, 2.45) is 5.92 Å². The smallest absolute Gasteiger partial charge is 0.0479 e. The van der Waals surface area contributed by atoms with E-state index in [-0.39, 0.29) is 0 Å². The Kier molecular flexibility index (Phi) is 4.74. The molecule has 0 fully saturated rings. The molecule has 0 bridgehead atoms. The fourth-order valence-corrected chi connectivity index (χ4v) is 5.10. The maximum atomic E-state index is 3.77. The van der Waals surface area contributed by atoms with Crippen LogP contribution in [0, 0.1) is 5.92 Å². The molecule has 0 spiro atoms. The van der Waals surface area contributed by atoms with Gasteiger partial charge in [-0.05, 0) is 12.3 Å². The molecule has 0 aromatic heterocycles. The van der Waals surface area contributed by atoms with Gasteiger partial charge >= 0.3 is 0 Å². The number of allylic oxidation sites excluding steroid dienone is 1. The van der Waals surface area contributed by atoms with Crippen molar-refractivity contribution in [2.45, 2.75) is 45.5 Å². The first-order chi connectivity index (χ1) is 4.98.